The SMILES string of the molecule is C=C(OC)c1nn(CC(=O)OCC)c(=O)c2ccc(C)cc12. The van der Waals surface area contributed by atoms with E-state index in [4.69, 9.17) is 9.47 Å². The van der Waals surface area contributed by atoms with Crippen molar-refractivity contribution in [3.05, 3.63) is 46.4 Å². The summed E-state index contributed by atoms with van der Waals surface area (Å²) >= 11 is 0. The van der Waals surface area contributed by atoms with Crippen LogP contribution in [0.5, 0.6) is 0 Å². The van der Waals surface area contributed by atoms with Gasteiger partial charge < -0.3 is 9.47 Å². The van der Waals surface area contributed by atoms with E-state index in [1.807, 2.05) is 19.1 Å². The highest BCUT2D eigenvalue weighted by atomic mass is 16.5. The van der Waals surface area contributed by atoms with Gasteiger partial charge in [0.1, 0.15) is 18.0 Å². The maximum atomic E-state index is 12.5. The molecule has 2 rings (SSSR count). The van der Waals surface area contributed by atoms with Gasteiger partial charge in [-0.2, -0.15) is 5.10 Å². The van der Waals surface area contributed by atoms with Crippen LogP contribution in [0.1, 0.15) is 18.2 Å². The summed E-state index contributed by atoms with van der Waals surface area (Å²) < 4.78 is 11.1. The van der Waals surface area contributed by atoms with Gasteiger partial charge in [0.25, 0.3) is 5.56 Å². The topological polar surface area (TPSA) is 70.4 Å². The molecular formula is C16H18N2O4. The number of fused-ring (bicyclic) bond motifs is 1. The Hall–Kier alpha value is -2.63. The first-order valence-corrected chi connectivity index (χ1v) is 6.88. The highest BCUT2D eigenvalue weighted by molar-refractivity contribution is 5.90. The Bertz CT molecular complexity index is 793. The molecule has 0 saturated carbocycles. The van der Waals surface area contributed by atoms with Gasteiger partial charge in [0, 0.05) is 5.39 Å². The predicted octanol–water partition coefficient (Wildman–Crippen LogP) is 1.89. The Kier molecular flexibility index (Phi) is 4.60. The molecule has 0 bridgehead atoms. The van der Waals surface area contributed by atoms with Crippen molar-refractivity contribution in [1.82, 2.24) is 9.78 Å². The maximum Gasteiger partial charge on any atom is 0.327 e. The van der Waals surface area contributed by atoms with E-state index in [9.17, 15) is 9.59 Å². The van der Waals surface area contributed by atoms with E-state index in [0.717, 1.165) is 10.2 Å². The molecule has 1 aromatic heterocycles. The average Bonchev–Trinajstić information content (AvgIpc) is 2.49. The van der Waals surface area contributed by atoms with Crippen LogP contribution in [-0.2, 0) is 20.8 Å². The van der Waals surface area contributed by atoms with Gasteiger partial charge in [0.15, 0.2) is 0 Å². The molecule has 6 nitrogen and oxygen atoms in total. The van der Waals surface area contributed by atoms with E-state index >= 15 is 0 Å². The van der Waals surface area contributed by atoms with E-state index < -0.39 is 5.97 Å². The van der Waals surface area contributed by atoms with E-state index in [-0.39, 0.29) is 18.7 Å². The predicted molar refractivity (Wildman–Crippen MR) is 83.4 cm³/mol. The van der Waals surface area contributed by atoms with Crippen molar-refractivity contribution in [2.45, 2.75) is 20.4 Å². The second kappa shape index (κ2) is 6.43. The molecule has 2 aromatic rings. The molecule has 0 spiro atoms. The number of aryl methyl sites for hydroxylation is 1. The maximum absolute atomic E-state index is 12.5. The van der Waals surface area contributed by atoms with Gasteiger partial charge in [-0.05, 0) is 26.0 Å². The first-order chi connectivity index (χ1) is 10.5. The molecule has 0 saturated heterocycles. The van der Waals surface area contributed by atoms with Crippen LogP contribution in [0.4, 0.5) is 0 Å². The number of esters is 1. The lowest BCUT2D eigenvalue weighted by atomic mass is 10.1. The molecule has 0 unspecified atom stereocenters. The normalized spacial score (nSPS) is 10.5. The summed E-state index contributed by atoms with van der Waals surface area (Å²) in [6, 6.07) is 5.39. The van der Waals surface area contributed by atoms with Crippen molar-refractivity contribution in [1.29, 1.82) is 0 Å². The van der Waals surface area contributed by atoms with Gasteiger partial charge in [-0.25, -0.2) is 4.68 Å². The fraction of sp³-hybridized carbons (Fsp3) is 0.312. The number of carbonyl (C=O) groups is 1. The fourth-order valence-electron chi connectivity index (χ4n) is 2.14. The molecule has 0 atom stereocenters. The molecule has 0 amide bonds. The van der Waals surface area contributed by atoms with Crippen LogP contribution in [0.15, 0.2) is 29.6 Å². The van der Waals surface area contributed by atoms with Gasteiger partial charge in [-0.3, -0.25) is 9.59 Å². The minimum atomic E-state index is -0.516. The summed E-state index contributed by atoms with van der Waals surface area (Å²) in [6.45, 7) is 7.42. The molecule has 0 radical (unpaired) electrons. The van der Waals surface area contributed by atoms with Crippen molar-refractivity contribution in [3.63, 3.8) is 0 Å². The number of ether oxygens (including phenoxy) is 2. The highest BCUT2D eigenvalue weighted by Gasteiger charge is 2.15. The lowest BCUT2D eigenvalue weighted by molar-refractivity contribution is -0.144. The van der Waals surface area contributed by atoms with Crippen LogP contribution in [0.25, 0.3) is 16.5 Å². The number of hydrogen-bond donors (Lipinski definition) is 0. The summed E-state index contributed by atoms with van der Waals surface area (Å²) in [5.74, 6) is -0.189. The first kappa shape index (κ1) is 15.8. The molecular weight excluding hydrogens is 284 g/mol. The third kappa shape index (κ3) is 3.00. The van der Waals surface area contributed by atoms with Gasteiger partial charge >= 0.3 is 5.97 Å². The number of hydrogen-bond acceptors (Lipinski definition) is 5. The van der Waals surface area contributed by atoms with Crippen LogP contribution in [0.3, 0.4) is 0 Å². The van der Waals surface area contributed by atoms with Crippen LogP contribution < -0.4 is 5.56 Å². The third-order valence-corrected chi connectivity index (χ3v) is 3.21. The fourth-order valence-corrected chi connectivity index (χ4v) is 2.14. The quantitative estimate of drug-likeness (QED) is 0.623. The number of rotatable bonds is 5. The van der Waals surface area contributed by atoms with Crippen LogP contribution in [-0.4, -0.2) is 29.5 Å². The number of carbonyl (C=O) groups excluding carboxylic acids is 1. The van der Waals surface area contributed by atoms with E-state index in [2.05, 4.69) is 11.7 Å². The Morgan fingerprint density at radius 3 is 2.73 bits per heavy atom. The van der Waals surface area contributed by atoms with Gasteiger partial charge in [-0.1, -0.05) is 18.2 Å². The zero-order valence-electron chi connectivity index (χ0n) is 12.9. The Morgan fingerprint density at radius 2 is 2.09 bits per heavy atom. The third-order valence-electron chi connectivity index (χ3n) is 3.21. The number of methoxy groups -OCH3 is 1. The van der Waals surface area contributed by atoms with Crippen molar-refractivity contribution in [3.8, 4) is 0 Å². The zero-order valence-corrected chi connectivity index (χ0v) is 12.9. The zero-order chi connectivity index (χ0) is 16.3. The Labute approximate surface area is 128 Å². The summed E-state index contributed by atoms with van der Waals surface area (Å²) in [5.41, 5.74) is 1.07. The van der Waals surface area contributed by atoms with Crippen LogP contribution in [0.2, 0.25) is 0 Å². The summed E-state index contributed by atoms with van der Waals surface area (Å²) in [5, 5.41) is 5.32. The van der Waals surface area contributed by atoms with Crippen molar-refractivity contribution < 1.29 is 14.3 Å². The molecule has 116 valence electrons. The number of benzene rings is 1. The lowest BCUT2D eigenvalue weighted by Gasteiger charge is -2.12. The molecule has 0 aliphatic carbocycles. The highest BCUT2D eigenvalue weighted by Crippen LogP contribution is 2.21. The minimum absolute atomic E-state index is 0.248. The molecule has 22 heavy (non-hydrogen) atoms. The van der Waals surface area contributed by atoms with Crippen LogP contribution in [0, 0.1) is 6.92 Å². The summed E-state index contributed by atoms with van der Waals surface area (Å²) in [6.07, 6.45) is 0. The molecule has 0 aliphatic heterocycles. The van der Waals surface area contributed by atoms with Crippen molar-refractivity contribution >= 4 is 22.5 Å². The van der Waals surface area contributed by atoms with Crippen molar-refractivity contribution in [2.24, 2.45) is 0 Å². The van der Waals surface area contributed by atoms with Gasteiger partial charge in [-0.15, -0.1) is 0 Å². The smallest absolute Gasteiger partial charge is 0.327 e. The second-order valence-electron chi connectivity index (χ2n) is 4.79. The minimum Gasteiger partial charge on any atom is -0.495 e. The van der Waals surface area contributed by atoms with Gasteiger partial charge in [0.05, 0.1) is 19.1 Å². The molecule has 0 fully saturated rings. The van der Waals surface area contributed by atoms with E-state index in [1.165, 1.54) is 7.11 Å². The Morgan fingerprint density at radius 1 is 1.36 bits per heavy atom. The monoisotopic (exact) mass is 302 g/mol. The Balaban J connectivity index is 2.66. The number of aromatic nitrogens is 2. The number of nitrogens with zero attached hydrogens (tertiary/aromatic N) is 2. The average molecular weight is 302 g/mol. The van der Waals surface area contributed by atoms with Crippen LogP contribution >= 0.6 is 0 Å². The molecule has 1 heterocycles. The van der Waals surface area contributed by atoms with E-state index in [0.29, 0.717) is 22.2 Å². The summed E-state index contributed by atoms with van der Waals surface area (Å²) in [4.78, 5) is 24.1. The first-order valence-electron chi connectivity index (χ1n) is 6.88. The lowest BCUT2D eigenvalue weighted by Crippen LogP contribution is -2.29. The molecule has 0 N–H and O–H groups in total. The molecule has 6 heteroatoms. The largest absolute Gasteiger partial charge is 0.495 e. The standard InChI is InChI=1S/C16H18N2O4/c1-5-22-14(19)9-18-16(20)12-7-6-10(2)8-13(12)15(17-18)11(3)21-4/h6-8H,3,5,9H2,1-2,4H3. The molecule has 1 aromatic carbocycles. The van der Waals surface area contributed by atoms with E-state index in [1.54, 1.807) is 13.0 Å². The second-order valence-corrected chi connectivity index (χ2v) is 4.79. The van der Waals surface area contributed by atoms with Crippen molar-refractivity contribution in [2.75, 3.05) is 13.7 Å². The molecule has 0 aliphatic rings. The van der Waals surface area contributed by atoms with Gasteiger partial charge in [0.2, 0.25) is 0 Å². The summed E-state index contributed by atoms with van der Waals surface area (Å²) in [7, 11) is 1.48.